The van der Waals surface area contributed by atoms with Crippen LogP contribution in [0.25, 0.3) is 0 Å². The Labute approximate surface area is 269 Å². The zero-order valence-electron chi connectivity index (χ0n) is 25.8. The van der Waals surface area contributed by atoms with Gasteiger partial charge in [0.2, 0.25) is 0 Å². The van der Waals surface area contributed by atoms with Crippen molar-refractivity contribution in [3.8, 4) is 0 Å². The Kier molecular flexibility index (Phi) is 11.6. The van der Waals surface area contributed by atoms with Gasteiger partial charge in [-0.2, -0.15) is 21.9 Å². The van der Waals surface area contributed by atoms with E-state index in [0.29, 0.717) is 0 Å². The van der Waals surface area contributed by atoms with Gasteiger partial charge in [0.25, 0.3) is 0 Å². The number of benzene rings is 4. The van der Waals surface area contributed by atoms with Crippen molar-refractivity contribution in [3.63, 3.8) is 0 Å². The minimum absolute atomic E-state index is 0.0227. The summed E-state index contributed by atoms with van der Waals surface area (Å²) >= 11 is 0. The molecule has 258 valence electrons. The maximum atomic E-state index is 15.3. The molecule has 0 spiro atoms. The van der Waals surface area contributed by atoms with E-state index in [1.54, 1.807) is 0 Å². The molecule has 0 aromatic heterocycles. The maximum Gasteiger partial charge on any atom is 0.158 e. The van der Waals surface area contributed by atoms with Crippen molar-refractivity contribution in [1.29, 1.82) is 0 Å². The van der Waals surface area contributed by atoms with Gasteiger partial charge in [0.05, 0.1) is 19.1 Å². The van der Waals surface area contributed by atoms with Gasteiger partial charge in [0.15, 0.2) is 23.3 Å². The van der Waals surface area contributed by atoms with Crippen molar-refractivity contribution in [1.82, 2.24) is 0 Å². The van der Waals surface area contributed by atoms with Crippen LogP contribution >= 0.6 is 0 Å². The Morgan fingerprint density at radius 1 is 0.458 bits per heavy atom. The van der Waals surface area contributed by atoms with E-state index >= 15 is 17.6 Å². The smallest absolute Gasteiger partial charge is 0.158 e. The molecule has 5 rings (SSSR count). The monoisotopic (exact) mass is 691 g/mol. The third kappa shape index (κ3) is 7.08. The second-order valence-electron chi connectivity index (χ2n) is 11.7. The van der Waals surface area contributed by atoms with Crippen LogP contribution in [0.5, 0.6) is 0 Å². The van der Waals surface area contributed by atoms with E-state index in [9.17, 15) is 35.1 Å². The number of quaternary nitrogens is 1. The number of hydrogen-bond donors (Lipinski definition) is 1. The minimum atomic E-state index is -4.89. The third-order valence-electron chi connectivity index (χ3n) is 9.04. The van der Waals surface area contributed by atoms with Gasteiger partial charge in [-0.3, -0.25) is 0 Å². The van der Waals surface area contributed by atoms with E-state index < -0.39 is 97.8 Å². The molecular formula is C34H30BF12N. The summed E-state index contributed by atoms with van der Waals surface area (Å²) < 4.78 is 176. The molecular weight excluding hydrogens is 661 g/mol. The third-order valence-corrected chi connectivity index (χ3v) is 9.04. The van der Waals surface area contributed by atoms with Crippen molar-refractivity contribution in [3.05, 3.63) is 118 Å². The van der Waals surface area contributed by atoms with Gasteiger partial charge >= 0.3 is 0 Å². The van der Waals surface area contributed by atoms with E-state index in [0.717, 1.165) is 6.04 Å². The number of halogens is 12. The van der Waals surface area contributed by atoms with Crippen molar-refractivity contribution in [2.45, 2.75) is 52.0 Å². The van der Waals surface area contributed by atoms with E-state index in [4.69, 9.17) is 0 Å². The molecule has 1 fully saturated rings. The molecule has 14 heteroatoms. The molecule has 48 heavy (non-hydrogen) atoms. The fourth-order valence-electron chi connectivity index (χ4n) is 6.91. The van der Waals surface area contributed by atoms with Crippen LogP contribution in [0.4, 0.5) is 52.7 Å². The predicted octanol–water partition coefficient (Wildman–Crippen LogP) is 5.98. The first kappa shape index (κ1) is 36.9. The molecule has 1 saturated carbocycles. The van der Waals surface area contributed by atoms with E-state index in [1.807, 2.05) is 4.90 Å². The first-order valence-electron chi connectivity index (χ1n) is 15.3. The molecule has 0 unspecified atom stereocenters. The molecule has 1 N–H and O–H groups in total. The molecule has 4 aromatic carbocycles. The summed E-state index contributed by atoms with van der Waals surface area (Å²) in [5.74, 6) is -24.2. The summed E-state index contributed by atoms with van der Waals surface area (Å²) in [6, 6.07) is 0.548. The highest BCUT2D eigenvalue weighted by Gasteiger charge is 2.43. The summed E-state index contributed by atoms with van der Waals surface area (Å²) in [5.41, 5.74) is -6.69. The summed E-state index contributed by atoms with van der Waals surface area (Å²) in [6.45, 7) is 7.27. The van der Waals surface area contributed by atoms with Gasteiger partial charge in [0, 0.05) is 24.3 Å². The molecule has 4 aromatic rings. The Hall–Kier alpha value is -3.94. The molecule has 0 heterocycles. The average molecular weight is 691 g/mol. The number of rotatable bonds is 7. The normalized spacial score (nSPS) is 13.9. The van der Waals surface area contributed by atoms with E-state index in [2.05, 4.69) is 13.8 Å². The molecule has 0 aliphatic heterocycles. The molecule has 0 saturated heterocycles. The van der Waals surface area contributed by atoms with Crippen molar-refractivity contribution >= 4 is 28.0 Å². The number of nitrogens with one attached hydrogen (secondary N) is 1. The van der Waals surface area contributed by atoms with Crippen molar-refractivity contribution in [2.75, 3.05) is 13.1 Å². The van der Waals surface area contributed by atoms with Crippen molar-refractivity contribution in [2.24, 2.45) is 0 Å². The molecule has 0 bridgehead atoms. The highest BCUT2D eigenvalue weighted by molar-refractivity contribution is 7.20. The molecule has 1 aliphatic carbocycles. The summed E-state index contributed by atoms with van der Waals surface area (Å²) in [5, 5.41) is 0. The lowest BCUT2D eigenvalue weighted by Crippen LogP contribution is -3.15. The average Bonchev–Trinajstić information content (AvgIpc) is 3.03. The second kappa shape index (κ2) is 15.1. The Balaban J connectivity index is 0.000000401. The quantitative estimate of drug-likeness (QED) is 0.138. The van der Waals surface area contributed by atoms with Crippen LogP contribution in [0, 0.1) is 69.8 Å². The first-order chi connectivity index (χ1) is 22.7. The van der Waals surface area contributed by atoms with E-state index in [1.165, 1.54) is 45.2 Å². The summed E-state index contributed by atoms with van der Waals surface area (Å²) in [6.07, 6.45) is 2.52. The van der Waals surface area contributed by atoms with Gasteiger partial charge in [0.1, 0.15) is 52.7 Å². The predicted molar refractivity (Wildman–Crippen MR) is 158 cm³/mol. The van der Waals surface area contributed by atoms with Gasteiger partial charge in [-0.05, 0) is 39.5 Å². The van der Waals surface area contributed by atoms with Crippen LogP contribution in [-0.4, -0.2) is 25.3 Å². The lowest BCUT2D eigenvalue weighted by Gasteiger charge is -2.44. The SMILES string of the molecule is CC[NH+](CC)C1CCCCC1.Fc1cc(F)c(F)c([B-](c2cc(F)cc(F)c2F)(c2cc(F)cc(F)c2F)c2cc(F)cc(F)c2F)c1. The Morgan fingerprint density at radius 2 is 0.729 bits per heavy atom. The van der Waals surface area contributed by atoms with Crippen molar-refractivity contribution < 1.29 is 57.6 Å². The second-order valence-corrected chi connectivity index (χ2v) is 11.7. The minimum Gasteiger partial charge on any atom is -0.333 e. The highest BCUT2D eigenvalue weighted by atomic mass is 19.2. The van der Waals surface area contributed by atoms with Gasteiger partial charge < -0.3 is 4.90 Å². The zero-order valence-corrected chi connectivity index (χ0v) is 25.8. The summed E-state index contributed by atoms with van der Waals surface area (Å²) in [7, 11) is 0. The first-order valence-corrected chi connectivity index (χ1v) is 15.3. The highest BCUT2D eigenvalue weighted by Crippen LogP contribution is 2.23. The molecule has 1 nitrogen and oxygen atoms in total. The largest absolute Gasteiger partial charge is 0.333 e. The van der Waals surface area contributed by atoms with Crippen LogP contribution in [0.1, 0.15) is 46.0 Å². The Morgan fingerprint density at radius 3 is 0.979 bits per heavy atom. The molecule has 0 amide bonds. The fourth-order valence-corrected chi connectivity index (χ4v) is 6.91. The van der Waals surface area contributed by atoms with Crippen LogP contribution in [0.15, 0.2) is 48.5 Å². The topological polar surface area (TPSA) is 4.44 Å². The molecule has 1 aliphatic rings. The van der Waals surface area contributed by atoms with Gasteiger partial charge in [-0.15, -0.1) is 0 Å². The standard InChI is InChI=1S/C24H8BF12.C10H21N/c26-9-1-13(21(34)17(30)5-9)25(14-2-10(27)6-18(31)22(14)35,15-3-11(28)7-19(32)23(15)36)16-4-12(29)8-20(33)24(16)37;1-3-11(4-2)10-8-6-5-7-9-10/h1-8H;10H,3-9H2,1-2H3/q-1;/p+1. The molecule has 0 atom stereocenters. The van der Waals surface area contributed by atoms with Crippen LogP contribution in [0.3, 0.4) is 0 Å². The lowest BCUT2D eigenvalue weighted by molar-refractivity contribution is -0.923. The van der Waals surface area contributed by atoms with E-state index in [-0.39, 0.29) is 48.5 Å². The van der Waals surface area contributed by atoms with Crippen LogP contribution in [-0.2, 0) is 0 Å². The van der Waals surface area contributed by atoms with Gasteiger partial charge in [-0.25, -0.2) is 52.7 Å². The Bertz CT molecular complexity index is 1550. The van der Waals surface area contributed by atoms with Crippen LogP contribution in [0.2, 0.25) is 0 Å². The summed E-state index contributed by atoms with van der Waals surface area (Å²) in [4.78, 5) is 1.82. The molecule has 0 radical (unpaired) electrons. The number of hydrogen-bond acceptors (Lipinski definition) is 0. The maximum absolute atomic E-state index is 15.3. The van der Waals surface area contributed by atoms with Crippen LogP contribution < -0.4 is 26.8 Å². The van der Waals surface area contributed by atoms with Gasteiger partial charge in [-0.1, -0.05) is 30.7 Å². The fraction of sp³-hybridized carbons (Fsp3) is 0.294. The lowest BCUT2D eigenvalue weighted by atomic mass is 9.12. The zero-order chi connectivity index (χ0) is 35.5.